The number of anilines is 1. The Morgan fingerprint density at radius 1 is 1.14 bits per heavy atom. The zero-order chi connectivity index (χ0) is 15.6. The molecule has 1 aliphatic rings. The van der Waals surface area contributed by atoms with E-state index in [-0.39, 0.29) is 6.04 Å². The molecule has 1 fully saturated rings. The van der Waals surface area contributed by atoms with Gasteiger partial charge in [0.1, 0.15) is 0 Å². The molecule has 0 saturated carbocycles. The number of likely N-dealkylation sites (tertiary alicyclic amines) is 1. The first-order chi connectivity index (χ1) is 9.83. The maximum absolute atomic E-state index is 12.7. The summed E-state index contributed by atoms with van der Waals surface area (Å²) >= 11 is 0. The fourth-order valence-electron chi connectivity index (χ4n) is 2.92. The van der Waals surface area contributed by atoms with Gasteiger partial charge in [0.15, 0.2) is 0 Å². The van der Waals surface area contributed by atoms with Crippen LogP contribution < -0.4 is 10.0 Å². The molecule has 0 radical (unpaired) electrons. The van der Waals surface area contributed by atoms with Crippen LogP contribution in [0.2, 0.25) is 0 Å². The molecular weight excluding hydrogens is 286 g/mol. The van der Waals surface area contributed by atoms with Gasteiger partial charge in [-0.1, -0.05) is 0 Å². The van der Waals surface area contributed by atoms with Crippen LogP contribution in [0.25, 0.3) is 0 Å². The molecule has 0 bridgehead atoms. The standard InChI is InChI=1S/C15H25N3O2S/c1-11-9-14(16-3)10-12(2)15(11)21(19,20)17-13-5-7-18(4)8-6-13/h9-10,13,16-17H,5-8H2,1-4H3. The van der Waals surface area contributed by atoms with Crippen molar-refractivity contribution >= 4 is 15.7 Å². The van der Waals surface area contributed by atoms with Crippen molar-refractivity contribution < 1.29 is 8.42 Å². The van der Waals surface area contributed by atoms with Crippen molar-refractivity contribution in [1.29, 1.82) is 0 Å². The zero-order valence-electron chi connectivity index (χ0n) is 13.2. The first kappa shape index (κ1) is 16.3. The third kappa shape index (κ3) is 3.75. The second-order valence-corrected chi connectivity index (χ2v) is 7.54. The Hall–Kier alpha value is -1.11. The van der Waals surface area contributed by atoms with Crippen LogP contribution in [0, 0.1) is 13.8 Å². The fourth-order valence-corrected chi connectivity index (χ4v) is 4.68. The van der Waals surface area contributed by atoms with Crippen LogP contribution in [-0.2, 0) is 10.0 Å². The summed E-state index contributed by atoms with van der Waals surface area (Å²) in [7, 11) is 0.437. The molecule has 5 nitrogen and oxygen atoms in total. The average molecular weight is 311 g/mol. The van der Waals surface area contributed by atoms with Gasteiger partial charge in [0.05, 0.1) is 4.90 Å². The Balaban J connectivity index is 2.24. The molecule has 2 rings (SSSR count). The Labute approximate surface area is 127 Å². The Bertz CT molecular complexity index is 582. The van der Waals surface area contributed by atoms with Crippen molar-refractivity contribution in [3.63, 3.8) is 0 Å². The van der Waals surface area contributed by atoms with Crippen molar-refractivity contribution in [3.8, 4) is 0 Å². The SMILES string of the molecule is CNc1cc(C)c(S(=O)(=O)NC2CCN(C)CC2)c(C)c1. The molecule has 0 spiro atoms. The van der Waals surface area contributed by atoms with Gasteiger partial charge in [0.2, 0.25) is 10.0 Å². The molecule has 0 aromatic heterocycles. The lowest BCUT2D eigenvalue weighted by Gasteiger charge is -2.29. The number of nitrogens with zero attached hydrogens (tertiary/aromatic N) is 1. The van der Waals surface area contributed by atoms with E-state index in [4.69, 9.17) is 0 Å². The predicted octanol–water partition coefficient (Wildman–Crippen LogP) is 1.72. The summed E-state index contributed by atoms with van der Waals surface area (Å²) in [6.45, 7) is 5.56. The predicted molar refractivity (Wildman–Crippen MR) is 86.3 cm³/mol. The molecule has 1 heterocycles. The van der Waals surface area contributed by atoms with Crippen molar-refractivity contribution in [2.75, 3.05) is 32.5 Å². The molecule has 0 aliphatic carbocycles. The molecule has 2 N–H and O–H groups in total. The highest BCUT2D eigenvalue weighted by atomic mass is 32.2. The minimum absolute atomic E-state index is 0.0361. The molecular formula is C15H25N3O2S. The van der Waals surface area contributed by atoms with Crippen LogP contribution in [0.4, 0.5) is 5.69 Å². The average Bonchev–Trinajstić information content (AvgIpc) is 2.39. The number of piperidine rings is 1. The molecule has 0 amide bonds. The van der Waals surface area contributed by atoms with Gasteiger partial charge in [-0.3, -0.25) is 0 Å². The van der Waals surface area contributed by atoms with Crippen molar-refractivity contribution in [1.82, 2.24) is 9.62 Å². The van der Waals surface area contributed by atoms with Crippen LogP contribution in [-0.4, -0.2) is 46.5 Å². The van der Waals surface area contributed by atoms with Gasteiger partial charge in [0, 0.05) is 18.8 Å². The monoisotopic (exact) mass is 311 g/mol. The van der Waals surface area contributed by atoms with Crippen molar-refractivity contribution in [2.24, 2.45) is 0 Å². The molecule has 6 heteroatoms. The van der Waals surface area contributed by atoms with Crippen LogP contribution in [0.15, 0.2) is 17.0 Å². The second kappa shape index (κ2) is 6.34. The minimum atomic E-state index is -3.46. The number of nitrogens with one attached hydrogen (secondary N) is 2. The van der Waals surface area contributed by atoms with Gasteiger partial charge >= 0.3 is 0 Å². The molecule has 0 atom stereocenters. The van der Waals surface area contributed by atoms with Crippen molar-refractivity contribution in [3.05, 3.63) is 23.3 Å². The highest BCUT2D eigenvalue weighted by molar-refractivity contribution is 7.89. The van der Waals surface area contributed by atoms with E-state index in [0.29, 0.717) is 4.90 Å². The van der Waals surface area contributed by atoms with Gasteiger partial charge in [-0.25, -0.2) is 13.1 Å². The van der Waals surface area contributed by atoms with E-state index in [1.54, 1.807) is 0 Å². The van der Waals surface area contributed by atoms with E-state index in [2.05, 4.69) is 22.0 Å². The summed E-state index contributed by atoms with van der Waals surface area (Å²) in [5.41, 5.74) is 2.49. The van der Waals surface area contributed by atoms with E-state index >= 15 is 0 Å². The van der Waals surface area contributed by atoms with Gasteiger partial charge in [0.25, 0.3) is 0 Å². The lowest BCUT2D eigenvalue weighted by atomic mass is 10.1. The maximum Gasteiger partial charge on any atom is 0.241 e. The zero-order valence-corrected chi connectivity index (χ0v) is 14.0. The number of rotatable bonds is 4. The summed E-state index contributed by atoms with van der Waals surface area (Å²) < 4.78 is 28.2. The molecule has 118 valence electrons. The number of sulfonamides is 1. The van der Waals surface area contributed by atoms with Gasteiger partial charge in [-0.05, 0) is 70.1 Å². The van der Waals surface area contributed by atoms with E-state index in [0.717, 1.165) is 42.7 Å². The second-order valence-electron chi connectivity index (χ2n) is 5.89. The topological polar surface area (TPSA) is 61.4 Å². The minimum Gasteiger partial charge on any atom is -0.388 e. The summed E-state index contributed by atoms with van der Waals surface area (Å²) in [5.74, 6) is 0. The van der Waals surface area contributed by atoms with Crippen LogP contribution in [0.5, 0.6) is 0 Å². The first-order valence-electron chi connectivity index (χ1n) is 7.33. The van der Waals surface area contributed by atoms with Crippen LogP contribution >= 0.6 is 0 Å². The summed E-state index contributed by atoms with van der Waals surface area (Å²) in [5, 5.41) is 3.05. The Morgan fingerprint density at radius 3 is 2.14 bits per heavy atom. The van der Waals surface area contributed by atoms with E-state index < -0.39 is 10.0 Å². The third-order valence-corrected chi connectivity index (χ3v) is 5.88. The van der Waals surface area contributed by atoms with E-state index in [9.17, 15) is 8.42 Å². The smallest absolute Gasteiger partial charge is 0.241 e. The number of benzene rings is 1. The highest BCUT2D eigenvalue weighted by Gasteiger charge is 2.26. The quantitative estimate of drug-likeness (QED) is 0.889. The normalized spacial score (nSPS) is 17.9. The molecule has 0 unspecified atom stereocenters. The van der Waals surface area contributed by atoms with Crippen LogP contribution in [0.1, 0.15) is 24.0 Å². The molecule has 1 saturated heterocycles. The highest BCUT2D eigenvalue weighted by Crippen LogP contribution is 2.25. The van der Waals surface area contributed by atoms with E-state index in [1.807, 2.05) is 33.0 Å². The van der Waals surface area contributed by atoms with Crippen LogP contribution in [0.3, 0.4) is 0 Å². The summed E-state index contributed by atoms with van der Waals surface area (Å²) in [6, 6.07) is 3.78. The van der Waals surface area contributed by atoms with Gasteiger partial charge < -0.3 is 10.2 Å². The Morgan fingerprint density at radius 2 is 1.67 bits per heavy atom. The van der Waals surface area contributed by atoms with Gasteiger partial charge in [-0.2, -0.15) is 0 Å². The van der Waals surface area contributed by atoms with E-state index in [1.165, 1.54) is 0 Å². The van der Waals surface area contributed by atoms with Gasteiger partial charge in [-0.15, -0.1) is 0 Å². The lowest BCUT2D eigenvalue weighted by molar-refractivity contribution is 0.248. The Kier molecular flexibility index (Phi) is 4.91. The molecule has 1 aliphatic heterocycles. The molecule has 21 heavy (non-hydrogen) atoms. The number of hydrogen-bond acceptors (Lipinski definition) is 4. The largest absolute Gasteiger partial charge is 0.388 e. The summed E-state index contributed by atoms with van der Waals surface area (Å²) in [4.78, 5) is 2.64. The fraction of sp³-hybridized carbons (Fsp3) is 0.600. The lowest BCUT2D eigenvalue weighted by Crippen LogP contribution is -2.43. The van der Waals surface area contributed by atoms with Crippen molar-refractivity contribution in [2.45, 2.75) is 37.6 Å². The molecule has 1 aromatic rings. The first-order valence-corrected chi connectivity index (χ1v) is 8.81. The number of aryl methyl sites for hydroxylation is 2. The number of hydrogen-bond donors (Lipinski definition) is 2. The summed E-state index contributed by atoms with van der Waals surface area (Å²) in [6.07, 6.45) is 1.73. The molecule has 1 aromatic carbocycles. The maximum atomic E-state index is 12.7. The third-order valence-electron chi connectivity index (χ3n) is 4.06.